The van der Waals surface area contributed by atoms with E-state index < -0.39 is 4.92 Å². The molecule has 0 unspecified atom stereocenters. The van der Waals surface area contributed by atoms with Crippen molar-refractivity contribution in [2.45, 2.75) is 10.1 Å². The van der Waals surface area contributed by atoms with E-state index in [0.717, 1.165) is 22.4 Å². The number of hydrogen-bond acceptors (Lipinski definition) is 7. The zero-order valence-electron chi connectivity index (χ0n) is 10.3. The lowest BCUT2D eigenvalue weighted by Gasteiger charge is -2.07. The van der Waals surface area contributed by atoms with Crippen LogP contribution in [0.4, 0.5) is 5.69 Å². The van der Waals surface area contributed by atoms with Crippen LogP contribution in [0, 0.1) is 10.1 Å². The van der Waals surface area contributed by atoms with Crippen LogP contribution < -0.4 is 5.73 Å². The van der Waals surface area contributed by atoms with Crippen LogP contribution in [0.5, 0.6) is 0 Å². The lowest BCUT2D eigenvalue weighted by molar-refractivity contribution is -0.385. The van der Waals surface area contributed by atoms with Gasteiger partial charge in [-0.25, -0.2) is 9.97 Å². The zero-order valence-corrected chi connectivity index (χ0v) is 12.7. The zero-order chi connectivity index (χ0) is 15.4. The smallest absolute Gasteiger partial charge is 0.288 e. The van der Waals surface area contributed by atoms with Crippen molar-refractivity contribution >= 4 is 39.2 Å². The summed E-state index contributed by atoms with van der Waals surface area (Å²) >= 11 is 4.48. The topological polar surface area (TPSA) is 128 Å². The molecule has 2 rings (SSSR count). The van der Waals surface area contributed by atoms with Crippen LogP contribution in [0.1, 0.15) is 5.56 Å². The van der Waals surface area contributed by atoms with Crippen LogP contribution in [0.2, 0.25) is 0 Å². The molecule has 0 atom stereocenters. The van der Waals surface area contributed by atoms with E-state index in [1.807, 2.05) is 0 Å². The molecule has 0 aliphatic carbocycles. The molecular weight excluding hydrogens is 362 g/mol. The monoisotopic (exact) mass is 369 g/mol. The molecule has 0 bridgehead atoms. The summed E-state index contributed by atoms with van der Waals surface area (Å²) in [6.45, 7) is 0. The van der Waals surface area contributed by atoms with Crippen LogP contribution in [-0.2, 0) is 0 Å². The Morgan fingerprint density at radius 1 is 1.48 bits per heavy atom. The van der Waals surface area contributed by atoms with Gasteiger partial charge >= 0.3 is 0 Å². The van der Waals surface area contributed by atoms with Crippen LogP contribution in [0.15, 0.2) is 50.3 Å². The molecule has 0 aliphatic rings. The van der Waals surface area contributed by atoms with Gasteiger partial charge in [0.15, 0.2) is 5.84 Å². The highest BCUT2D eigenvalue weighted by Gasteiger charge is 2.17. The van der Waals surface area contributed by atoms with Gasteiger partial charge in [-0.3, -0.25) is 10.1 Å². The molecule has 2 aromatic rings. The summed E-state index contributed by atoms with van der Waals surface area (Å²) in [4.78, 5) is 18.3. The van der Waals surface area contributed by atoms with Crippen molar-refractivity contribution in [3.8, 4) is 0 Å². The Balaban J connectivity index is 2.48. The van der Waals surface area contributed by atoms with Gasteiger partial charge in [-0.1, -0.05) is 5.16 Å². The normalized spacial score (nSPS) is 11.4. The number of rotatable bonds is 4. The molecule has 21 heavy (non-hydrogen) atoms. The highest BCUT2D eigenvalue weighted by molar-refractivity contribution is 9.10. The number of hydrogen-bond donors (Lipinski definition) is 2. The molecule has 0 spiro atoms. The fourth-order valence-corrected chi connectivity index (χ4v) is 2.74. The van der Waals surface area contributed by atoms with Crippen LogP contribution in [0.3, 0.4) is 0 Å². The maximum atomic E-state index is 10.8. The van der Waals surface area contributed by atoms with Gasteiger partial charge in [0, 0.05) is 12.3 Å². The first-order chi connectivity index (χ1) is 10.0. The molecule has 2 aromatic heterocycles. The lowest BCUT2D eigenvalue weighted by atomic mass is 10.2. The first kappa shape index (κ1) is 15.2. The Kier molecular flexibility index (Phi) is 4.70. The molecule has 8 nitrogen and oxygen atoms in total. The van der Waals surface area contributed by atoms with Crippen LogP contribution in [-0.4, -0.2) is 25.9 Å². The maximum absolute atomic E-state index is 10.8. The average molecular weight is 370 g/mol. The molecule has 0 aromatic carbocycles. The number of amidine groups is 1. The Hall–Kier alpha value is -2.20. The summed E-state index contributed by atoms with van der Waals surface area (Å²) in [5, 5.41) is 23.4. The summed E-state index contributed by atoms with van der Waals surface area (Å²) < 4.78 is 0.737. The van der Waals surface area contributed by atoms with Gasteiger partial charge in [0.2, 0.25) is 0 Å². The van der Waals surface area contributed by atoms with Crippen molar-refractivity contribution in [3.63, 3.8) is 0 Å². The summed E-state index contributed by atoms with van der Waals surface area (Å²) in [6.07, 6.45) is 2.70. The van der Waals surface area contributed by atoms with Crippen molar-refractivity contribution in [3.05, 3.63) is 50.7 Å². The fraction of sp³-hybridized carbons (Fsp3) is 0. The average Bonchev–Trinajstić information content (AvgIpc) is 2.49. The number of halogens is 1. The minimum atomic E-state index is -0.605. The molecule has 0 radical (unpaired) electrons. The standard InChI is InChI=1S/C11H8BrN5O3S/c12-8-2-1-3-14-11(8)21-10-7(9(13)16-18)4-6(5-15-10)17(19)20/h1-5,18H,(H2,13,16). The molecule has 10 heteroatoms. The molecule has 0 saturated carbocycles. The third-order valence-electron chi connectivity index (χ3n) is 2.35. The second-order valence-corrected chi connectivity index (χ2v) is 5.51. The summed E-state index contributed by atoms with van der Waals surface area (Å²) in [5.41, 5.74) is 5.46. The fourth-order valence-electron chi connectivity index (χ4n) is 1.40. The van der Waals surface area contributed by atoms with Gasteiger partial charge in [-0.05, 0) is 39.8 Å². The van der Waals surface area contributed by atoms with Crippen molar-refractivity contribution in [1.29, 1.82) is 0 Å². The summed E-state index contributed by atoms with van der Waals surface area (Å²) in [5.74, 6) is -0.263. The van der Waals surface area contributed by atoms with Crippen molar-refractivity contribution in [2.75, 3.05) is 0 Å². The minimum absolute atomic E-state index is 0.161. The van der Waals surface area contributed by atoms with Crippen LogP contribution >= 0.6 is 27.7 Å². The van der Waals surface area contributed by atoms with Crippen molar-refractivity contribution in [1.82, 2.24) is 9.97 Å². The molecule has 3 N–H and O–H groups in total. The Morgan fingerprint density at radius 2 is 2.24 bits per heavy atom. The van der Waals surface area contributed by atoms with Crippen LogP contribution in [0.25, 0.3) is 0 Å². The Morgan fingerprint density at radius 3 is 2.86 bits per heavy atom. The van der Waals surface area contributed by atoms with Gasteiger partial charge in [0.25, 0.3) is 5.69 Å². The number of nitrogens with zero attached hydrogens (tertiary/aromatic N) is 4. The molecule has 2 heterocycles. The van der Waals surface area contributed by atoms with Gasteiger partial charge in [-0.2, -0.15) is 0 Å². The quantitative estimate of drug-likeness (QED) is 0.278. The lowest BCUT2D eigenvalue weighted by Crippen LogP contribution is -2.15. The van der Waals surface area contributed by atoms with Crippen molar-refractivity contribution < 1.29 is 10.1 Å². The maximum Gasteiger partial charge on any atom is 0.288 e. The van der Waals surface area contributed by atoms with Gasteiger partial charge in [0.05, 0.1) is 15.0 Å². The first-order valence-corrected chi connectivity index (χ1v) is 7.04. The molecule has 0 fully saturated rings. The number of aromatic nitrogens is 2. The highest BCUT2D eigenvalue weighted by atomic mass is 79.9. The Bertz CT molecular complexity index is 725. The van der Waals surface area contributed by atoms with E-state index in [1.165, 1.54) is 6.07 Å². The van der Waals surface area contributed by atoms with E-state index in [9.17, 15) is 10.1 Å². The molecule has 0 aliphatic heterocycles. The highest BCUT2D eigenvalue weighted by Crippen LogP contribution is 2.33. The van der Waals surface area contributed by atoms with Gasteiger partial charge in [-0.15, -0.1) is 0 Å². The number of pyridine rings is 2. The number of oxime groups is 1. The van der Waals surface area contributed by atoms with E-state index in [4.69, 9.17) is 10.9 Å². The van der Waals surface area contributed by atoms with E-state index in [-0.39, 0.29) is 17.1 Å². The number of nitro groups is 1. The SMILES string of the molecule is NC(=NO)c1cc([N+](=O)[O-])cnc1Sc1ncccc1Br. The van der Waals surface area contributed by atoms with Gasteiger partial charge in [0.1, 0.15) is 16.2 Å². The largest absolute Gasteiger partial charge is 0.409 e. The van der Waals surface area contributed by atoms with Gasteiger partial charge < -0.3 is 10.9 Å². The minimum Gasteiger partial charge on any atom is -0.409 e. The molecule has 0 amide bonds. The van der Waals surface area contributed by atoms with Crippen molar-refractivity contribution in [2.24, 2.45) is 10.9 Å². The predicted octanol–water partition coefficient (Wildman–Crippen LogP) is 2.39. The van der Waals surface area contributed by atoms with E-state index in [0.29, 0.717) is 10.1 Å². The predicted molar refractivity (Wildman–Crippen MR) is 79.5 cm³/mol. The molecule has 0 saturated heterocycles. The Labute approximate surface area is 131 Å². The third-order valence-corrected chi connectivity index (χ3v) is 4.29. The van der Waals surface area contributed by atoms with E-state index in [2.05, 4.69) is 31.1 Å². The second kappa shape index (κ2) is 6.50. The van der Waals surface area contributed by atoms with E-state index in [1.54, 1.807) is 18.3 Å². The first-order valence-electron chi connectivity index (χ1n) is 5.43. The second-order valence-electron chi connectivity index (χ2n) is 3.68. The summed E-state index contributed by atoms with van der Waals surface area (Å²) in [7, 11) is 0. The third kappa shape index (κ3) is 3.47. The summed E-state index contributed by atoms with van der Waals surface area (Å²) in [6, 6.07) is 4.74. The van der Waals surface area contributed by atoms with E-state index >= 15 is 0 Å². The molecule has 108 valence electrons. The number of nitrogens with two attached hydrogens (primary N) is 1. The molecular formula is C11H8BrN5O3S.